The summed E-state index contributed by atoms with van der Waals surface area (Å²) in [6.45, 7) is 3.28. The average molecular weight is 510 g/mol. The first-order valence-electron chi connectivity index (χ1n) is 13.8. The smallest absolute Gasteiger partial charge is 0.218 e. The molecule has 1 rings (SSSR count). The van der Waals surface area contributed by atoms with Crippen molar-refractivity contribution in [2.75, 3.05) is 24.6 Å². The Hall–Kier alpha value is -1.79. The van der Waals surface area contributed by atoms with Crippen LogP contribution in [0.1, 0.15) is 110 Å². The SMILES string of the molecule is CCCCCCCCCCCCCCCCCCN=C(N)/N=C(\N)N(CCO)c1ccccc1.Cl. The van der Waals surface area contributed by atoms with E-state index in [0.29, 0.717) is 13.1 Å². The molecule has 0 aliphatic rings. The van der Waals surface area contributed by atoms with Crippen LogP contribution in [0.3, 0.4) is 0 Å². The van der Waals surface area contributed by atoms with E-state index < -0.39 is 0 Å². The number of benzene rings is 1. The number of para-hydroxylation sites is 1. The monoisotopic (exact) mass is 509 g/mol. The van der Waals surface area contributed by atoms with Gasteiger partial charge in [0, 0.05) is 18.8 Å². The summed E-state index contributed by atoms with van der Waals surface area (Å²) < 4.78 is 0. The fraction of sp³-hybridized carbons (Fsp3) is 0.714. The summed E-state index contributed by atoms with van der Waals surface area (Å²) in [7, 11) is 0. The topological polar surface area (TPSA) is 100 Å². The predicted octanol–water partition coefficient (Wildman–Crippen LogP) is 6.80. The van der Waals surface area contributed by atoms with Gasteiger partial charge >= 0.3 is 0 Å². The van der Waals surface area contributed by atoms with E-state index in [4.69, 9.17) is 11.5 Å². The maximum absolute atomic E-state index is 9.33. The number of guanidine groups is 2. The van der Waals surface area contributed by atoms with Crippen LogP contribution in [0.2, 0.25) is 0 Å². The number of aliphatic hydroxyl groups is 1. The predicted molar refractivity (Wildman–Crippen MR) is 156 cm³/mol. The summed E-state index contributed by atoms with van der Waals surface area (Å²) in [6, 6.07) is 9.61. The minimum atomic E-state index is -0.0264. The molecule has 0 unspecified atom stereocenters. The zero-order chi connectivity index (χ0) is 24.7. The van der Waals surface area contributed by atoms with Gasteiger partial charge < -0.3 is 21.5 Å². The summed E-state index contributed by atoms with van der Waals surface area (Å²) in [6.07, 6.45) is 21.6. The third-order valence-electron chi connectivity index (χ3n) is 6.18. The quantitative estimate of drug-likeness (QED) is 0.102. The highest BCUT2D eigenvalue weighted by atomic mass is 35.5. The molecule has 202 valence electrons. The Kier molecular flexibility index (Phi) is 22.7. The summed E-state index contributed by atoms with van der Waals surface area (Å²) in [5.74, 6) is 0.436. The summed E-state index contributed by atoms with van der Waals surface area (Å²) in [5, 5.41) is 9.33. The van der Waals surface area contributed by atoms with Crippen LogP contribution in [-0.4, -0.2) is 36.7 Å². The van der Waals surface area contributed by atoms with Gasteiger partial charge in [0.25, 0.3) is 0 Å². The number of aliphatic imine (C=N–C) groups is 2. The van der Waals surface area contributed by atoms with E-state index in [0.717, 1.165) is 12.1 Å². The molecule has 0 saturated carbocycles. The van der Waals surface area contributed by atoms with Gasteiger partial charge in [-0.05, 0) is 18.6 Å². The number of hydrogen-bond donors (Lipinski definition) is 3. The zero-order valence-electron chi connectivity index (χ0n) is 22.2. The van der Waals surface area contributed by atoms with Crippen LogP contribution in [0.15, 0.2) is 40.3 Å². The Bertz CT molecular complexity index is 654. The van der Waals surface area contributed by atoms with Crippen molar-refractivity contribution in [3.05, 3.63) is 30.3 Å². The normalized spacial score (nSPS) is 11.9. The first-order chi connectivity index (χ1) is 16.7. The highest BCUT2D eigenvalue weighted by molar-refractivity contribution is 6.02. The number of aliphatic hydroxyl groups excluding tert-OH is 1. The summed E-state index contributed by atoms with van der Waals surface area (Å²) in [5.41, 5.74) is 12.9. The van der Waals surface area contributed by atoms with Crippen molar-refractivity contribution in [1.82, 2.24) is 0 Å². The average Bonchev–Trinajstić information content (AvgIpc) is 2.84. The van der Waals surface area contributed by atoms with Crippen LogP contribution in [-0.2, 0) is 0 Å². The lowest BCUT2D eigenvalue weighted by molar-refractivity contribution is 0.306. The molecule has 0 fully saturated rings. The second-order valence-electron chi connectivity index (χ2n) is 9.22. The van der Waals surface area contributed by atoms with Crippen LogP contribution in [0.25, 0.3) is 0 Å². The molecule has 1 aromatic carbocycles. The lowest BCUT2D eigenvalue weighted by Crippen LogP contribution is -2.40. The lowest BCUT2D eigenvalue weighted by atomic mass is 10.0. The Balaban J connectivity index is 0.0000116. The summed E-state index contributed by atoms with van der Waals surface area (Å²) in [4.78, 5) is 10.3. The van der Waals surface area contributed by atoms with Gasteiger partial charge in [0.15, 0.2) is 0 Å². The van der Waals surface area contributed by atoms with Crippen LogP contribution in [0.5, 0.6) is 0 Å². The molecule has 0 saturated heterocycles. The van der Waals surface area contributed by atoms with E-state index in [2.05, 4.69) is 16.9 Å². The number of nitrogens with zero attached hydrogens (tertiary/aromatic N) is 3. The molecule has 6 nitrogen and oxygen atoms in total. The Labute approximate surface area is 221 Å². The highest BCUT2D eigenvalue weighted by Gasteiger charge is 2.10. The molecule has 0 atom stereocenters. The van der Waals surface area contributed by atoms with Crippen LogP contribution in [0.4, 0.5) is 5.69 Å². The van der Waals surface area contributed by atoms with E-state index >= 15 is 0 Å². The van der Waals surface area contributed by atoms with E-state index in [1.54, 1.807) is 4.90 Å². The molecular weight excluding hydrogens is 458 g/mol. The van der Waals surface area contributed by atoms with Gasteiger partial charge in [-0.15, -0.1) is 12.4 Å². The Morgan fingerprint density at radius 2 is 1.20 bits per heavy atom. The van der Waals surface area contributed by atoms with E-state index in [1.807, 2.05) is 30.3 Å². The van der Waals surface area contributed by atoms with E-state index in [1.165, 1.54) is 96.3 Å². The maximum Gasteiger partial charge on any atom is 0.218 e. The number of halogens is 1. The van der Waals surface area contributed by atoms with Crippen molar-refractivity contribution in [3.63, 3.8) is 0 Å². The second-order valence-corrected chi connectivity index (χ2v) is 9.22. The van der Waals surface area contributed by atoms with Crippen molar-refractivity contribution in [1.29, 1.82) is 0 Å². The van der Waals surface area contributed by atoms with Crippen molar-refractivity contribution in [2.45, 2.75) is 110 Å². The molecule has 0 aromatic heterocycles. The highest BCUT2D eigenvalue weighted by Crippen LogP contribution is 2.14. The molecule has 7 heteroatoms. The Morgan fingerprint density at radius 1 is 0.743 bits per heavy atom. The molecule has 0 radical (unpaired) electrons. The van der Waals surface area contributed by atoms with Gasteiger partial charge in [0.1, 0.15) is 0 Å². The molecule has 0 heterocycles. The van der Waals surface area contributed by atoms with E-state index in [9.17, 15) is 5.11 Å². The lowest BCUT2D eigenvalue weighted by Gasteiger charge is -2.22. The molecule has 0 spiro atoms. The maximum atomic E-state index is 9.33. The fourth-order valence-corrected chi connectivity index (χ4v) is 4.15. The third kappa shape index (κ3) is 18.2. The minimum Gasteiger partial charge on any atom is -0.395 e. The summed E-state index contributed by atoms with van der Waals surface area (Å²) >= 11 is 0. The van der Waals surface area contributed by atoms with Crippen molar-refractivity contribution >= 4 is 30.0 Å². The van der Waals surface area contributed by atoms with Gasteiger partial charge in [-0.3, -0.25) is 4.99 Å². The van der Waals surface area contributed by atoms with Gasteiger partial charge in [-0.1, -0.05) is 121 Å². The molecule has 0 aliphatic heterocycles. The molecule has 5 N–H and O–H groups in total. The Morgan fingerprint density at radius 3 is 1.66 bits per heavy atom. The number of hydrogen-bond acceptors (Lipinski definition) is 2. The van der Waals surface area contributed by atoms with Crippen molar-refractivity contribution < 1.29 is 5.11 Å². The molecule has 1 aromatic rings. The van der Waals surface area contributed by atoms with Gasteiger partial charge in [0.05, 0.1) is 6.61 Å². The molecular formula is C28H52ClN5O. The molecule has 0 bridgehead atoms. The second kappa shape index (κ2) is 23.9. The van der Waals surface area contributed by atoms with Crippen LogP contribution in [0, 0.1) is 0 Å². The minimum absolute atomic E-state index is 0. The van der Waals surface area contributed by atoms with Gasteiger partial charge in [0.2, 0.25) is 11.9 Å². The molecule has 0 amide bonds. The van der Waals surface area contributed by atoms with Gasteiger partial charge in [-0.2, -0.15) is 4.99 Å². The number of unbranched alkanes of at least 4 members (excludes halogenated alkanes) is 15. The van der Waals surface area contributed by atoms with Crippen LogP contribution < -0.4 is 16.4 Å². The van der Waals surface area contributed by atoms with Crippen molar-refractivity contribution in [3.8, 4) is 0 Å². The van der Waals surface area contributed by atoms with Crippen molar-refractivity contribution in [2.24, 2.45) is 21.5 Å². The van der Waals surface area contributed by atoms with Gasteiger partial charge in [-0.25, -0.2) is 0 Å². The number of anilines is 1. The molecule has 0 aliphatic carbocycles. The number of rotatable bonds is 20. The number of nitrogens with two attached hydrogens (primary N) is 2. The third-order valence-corrected chi connectivity index (χ3v) is 6.18. The first kappa shape index (κ1) is 33.2. The first-order valence-corrected chi connectivity index (χ1v) is 13.8. The molecule has 35 heavy (non-hydrogen) atoms. The zero-order valence-corrected chi connectivity index (χ0v) is 23.0. The van der Waals surface area contributed by atoms with E-state index in [-0.39, 0.29) is 30.9 Å². The largest absolute Gasteiger partial charge is 0.395 e. The standard InChI is InChI=1S/C28H51N5O.ClH/c1-2-3-4-5-6-7-8-9-10-11-12-13-14-15-16-20-23-31-27(29)32-28(30)33(24-25-34)26-21-18-17-19-22-26;/h17-19,21-22,34H,2-16,20,23-25H2,1H3,(H4,29,30,31,32);1H. The fourth-order valence-electron chi connectivity index (χ4n) is 4.15. The van der Waals surface area contributed by atoms with Crippen LogP contribution >= 0.6 is 12.4 Å².